The van der Waals surface area contributed by atoms with Crippen LogP contribution >= 0.6 is 0 Å². The van der Waals surface area contributed by atoms with Crippen molar-refractivity contribution in [3.05, 3.63) is 225 Å². The Labute approximate surface area is 368 Å². The van der Waals surface area contributed by atoms with E-state index in [0.29, 0.717) is 0 Å². The molecule has 13 rings (SSSR count). The van der Waals surface area contributed by atoms with Crippen LogP contribution in [0.25, 0.3) is 99.2 Å². The molecule has 0 atom stereocenters. The Morgan fingerprint density at radius 3 is 1.27 bits per heavy atom. The lowest BCUT2D eigenvalue weighted by Gasteiger charge is -2.25. The summed E-state index contributed by atoms with van der Waals surface area (Å²) in [6.45, 7) is 0. The smallest absolute Gasteiger partial charge is 0.145 e. The lowest BCUT2D eigenvalue weighted by molar-refractivity contribution is 0.677. The Balaban J connectivity index is 1.01. The fraction of sp³-hybridized carbons (Fsp3) is 0. The van der Waals surface area contributed by atoms with E-state index in [1.54, 1.807) is 0 Å². The van der Waals surface area contributed by atoms with Gasteiger partial charge in [0.1, 0.15) is 11.2 Å². The third kappa shape index (κ3) is 5.59. The van der Waals surface area contributed by atoms with Crippen LogP contribution in [-0.2, 0) is 0 Å². The summed E-state index contributed by atoms with van der Waals surface area (Å²) in [4.78, 5) is 10.8. The van der Waals surface area contributed by atoms with E-state index >= 15 is 0 Å². The zero-order valence-electron chi connectivity index (χ0n) is 34.5. The number of para-hydroxylation sites is 2. The molecule has 64 heavy (non-hydrogen) atoms. The third-order valence-electron chi connectivity index (χ3n) is 12.7. The highest BCUT2D eigenvalue weighted by molar-refractivity contribution is 6.29. The maximum absolute atomic E-state index is 7.28. The van der Waals surface area contributed by atoms with Gasteiger partial charge in [0.05, 0.1) is 32.8 Å². The lowest BCUT2D eigenvalue weighted by Crippen LogP contribution is -2.10. The fourth-order valence-electron chi connectivity index (χ4n) is 9.87. The molecule has 8 aromatic carbocycles. The van der Waals surface area contributed by atoms with Crippen LogP contribution in [0.1, 0.15) is 0 Å². The number of rotatable bonds is 7. The van der Waals surface area contributed by atoms with E-state index in [4.69, 9.17) is 4.42 Å². The molecule has 0 aliphatic rings. The van der Waals surface area contributed by atoms with Crippen LogP contribution in [0.15, 0.2) is 229 Å². The number of hydrogen-bond acceptors (Lipinski definition) is 4. The summed E-state index contributed by atoms with van der Waals surface area (Å²) in [5.41, 5.74) is 16.2. The predicted octanol–water partition coefficient (Wildman–Crippen LogP) is 15.4. The van der Waals surface area contributed by atoms with Gasteiger partial charge in [0.2, 0.25) is 0 Å². The van der Waals surface area contributed by atoms with Crippen LogP contribution in [0.5, 0.6) is 0 Å². The third-order valence-corrected chi connectivity index (χ3v) is 12.7. The van der Waals surface area contributed by atoms with Gasteiger partial charge in [-0.2, -0.15) is 0 Å². The zero-order valence-corrected chi connectivity index (χ0v) is 34.5. The number of furan rings is 1. The first-order valence-electron chi connectivity index (χ1n) is 21.5. The summed E-state index contributed by atoms with van der Waals surface area (Å²) in [5, 5.41) is 6.71. The zero-order chi connectivity index (χ0) is 42.1. The molecule has 0 radical (unpaired) electrons. The fourth-order valence-corrected chi connectivity index (χ4v) is 9.87. The minimum absolute atomic E-state index is 0.891. The molecule has 0 bridgehead atoms. The summed E-state index contributed by atoms with van der Waals surface area (Å²) in [6, 6.07) is 71.5. The Bertz CT molecular complexity index is 3780. The molecule has 6 nitrogen and oxygen atoms in total. The van der Waals surface area contributed by atoms with Crippen LogP contribution in [-0.4, -0.2) is 19.1 Å². The van der Waals surface area contributed by atoms with Crippen molar-refractivity contribution >= 4 is 82.6 Å². The Morgan fingerprint density at radius 2 is 0.766 bits per heavy atom. The van der Waals surface area contributed by atoms with Gasteiger partial charge in [0.15, 0.2) is 0 Å². The van der Waals surface area contributed by atoms with Crippen molar-refractivity contribution in [2.24, 2.45) is 0 Å². The van der Waals surface area contributed by atoms with Gasteiger partial charge in [-0.25, -0.2) is 0 Å². The highest BCUT2D eigenvalue weighted by Crippen LogP contribution is 2.46. The van der Waals surface area contributed by atoms with E-state index in [-0.39, 0.29) is 0 Å². The molecule has 0 amide bonds. The molecule has 13 aromatic rings. The Hall–Kier alpha value is -8.74. The van der Waals surface area contributed by atoms with Crippen LogP contribution < -0.4 is 4.90 Å². The van der Waals surface area contributed by atoms with Crippen molar-refractivity contribution in [1.29, 1.82) is 0 Å². The van der Waals surface area contributed by atoms with Crippen LogP contribution in [0.4, 0.5) is 17.1 Å². The van der Waals surface area contributed by atoms with Crippen molar-refractivity contribution in [2.45, 2.75) is 0 Å². The molecule has 0 N–H and O–H groups in total. The second kappa shape index (κ2) is 14.4. The quantitative estimate of drug-likeness (QED) is 0.161. The first kappa shape index (κ1) is 36.0. The SMILES string of the molecule is c1ccc(-c2cc(-c3ccccc3)cc(-n3c4ccccc4c4c5oc6c(ccc7c6c6ccccc6n7-c6ccc(N(c7ccncc7)c7ccncc7)cc6)c5ccc43)c2)cc1. The average molecular weight is 820 g/mol. The van der Waals surface area contributed by atoms with E-state index in [1.165, 1.54) is 22.3 Å². The molecule has 300 valence electrons. The first-order chi connectivity index (χ1) is 31.8. The number of nitrogens with zero attached hydrogens (tertiary/aromatic N) is 5. The predicted molar refractivity (Wildman–Crippen MR) is 264 cm³/mol. The minimum atomic E-state index is 0.891. The van der Waals surface area contributed by atoms with Gasteiger partial charge in [-0.15, -0.1) is 0 Å². The van der Waals surface area contributed by atoms with Gasteiger partial charge in [0.25, 0.3) is 0 Å². The monoisotopic (exact) mass is 819 g/mol. The average Bonchev–Trinajstić information content (AvgIpc) is 4.03. The van der Waals surface area contributed by atoms with Crippen molar-refractivity contribution in [2.75, 3.05) is 4.90 Å². The van der Waals surface area contributed by atoms with Gasteiger partial charge in [-0.1, -0.05) is 97.1 Å². The molecule has 0 saturated heterocycles. The topological polar surface area (TPSA) is 52.0 Å². The number of anilines is 3. The van der Waals surface area contributed by atoms with E-state index in [0.717, 1.165) is 94.0 Å². The first-order valence-corrected chi connectivity index (χ1v) is 21.5. The standard InChI is InChI=1S/C58H37N5O/c1-3-11-38(12-4-1)40-35-41(39-13-5-2-6-14-39)37-46(36-40)63-52-18-10-8-16-50(52)56-54(63)26-24-48-47-23-25-53-55(57(47)64-58(48)56)49-15-7-9-17-51(49)62(53)43-21-19-42(20-22-43)61(44-27-31-59-32-28-44)45-29-33-60-34-30-45/h1-37H. The maximum atomic E-state index is 7.28. The molecule has 0 aliphatic heterocycles. The molecule has 5 aromatic heterocycles. The summed E-state index contributed by atoms with van der Waals surface area (Å²) in [5.74, 6) is 0. The van der Waals surface area contributed by atoms with Crippen molar-refractivity contribution in [3.8, 4) is 33.6 Å². The largest absolute Gasteiger partial charge is 0.455 e. The maximum Gasteiger partial charge on any atom is 0.145 e. The number of benzene rings is 8. The van der Waals surface area contributed by atoms with Gasteiger partial charge >= 0.3 is 0 Å². The summed E-state index contributed by atoms with van der Waals surface area (Å²) < 4.78 is 12.1. The lowest BCUT2D eigenvalue weighted by atomic mass is 9.98. The van der Waals surface area contributed by atoms with Gasteiger partial charge < -0.3 is 18.5 Å². The number of fused-ring (bicyclic) bond motifs is 11. The summed E-state index contributed by atoms with van der Waals surface area (Å²) >= 11 is 0. The van der Waals surface area contributed by atoms with E-state index in [2.05, 4.69) is 200 Å². The molecular formula is C58H37N5O. The van der Waals surface area contributed by atoms with Crippen molar-refractivity contribution in [3.63, 3.8) is 0 Å². The van der Waals surface area contributed by atoms with E-state index < -0.39 is 0 Å². The van der Waals surface area contributed by atoms with Gasteiger partial charge in [-0.3, -0.25) is 9.97 Å². The number of pyridine rings is 2. The normalized spacial score (nSPS) is 11.8. The number of aromatic nitrogens is 4. The van der Waals surface area contributed by atoms with Crippen LogP contribution in [0, 0.1) is 0 Å². The Kier molecular flexibility index (Phi) is 8.11. The highest BCUT2D eigenvalue weighted by Gasteiger charge is 2.23. The molecule has 0 fully saturated rings. The summed E-state index contributed by atoms with van der Waals surface area (Å²) in [7, 11) is 0. The van der Waals surface area contributed by atoms with Gasteiger partial charge in [-0.05, 0) is 125 Å². The van der Waals surface area contributed by atoms with E-state index in [9.17, 15) is 0 Å². The number of hydrogen-bond donors (Lipinski definition) is 0. The highest BCUT2D eigenvalue weighted by atomic mass is 16.3. The molecule has 0 spiro atoms. The van der Waals surface area contributed by atoms with Gasteiger partial charge in [0, 0.05) is 74.8 Å². The van der Waals surface area contributed by atoms with Crippen molar-refractivity contribution < 1.29 is 4.42 Å². The second-order valence-electron chi connectivity index (χ2n) is 16.2. The molecule has 0 aliphatic carbocycles. The molecule has 6 heteroatoms. The molecule has 5 heterocycles. The minimum Gasteiger partial charge on any atom is -0.455 e. The molecular weight excluding hydrogens is 783 g/mol. The van der Waals surface area contributed by atoms with Crippen LogP contribution in [0.3, 0.4) is 0 Å². The Morgan fingerprint density at radius 1 is 0.328 bits per heavy atom. The van der Waals surface area contributed by atoms with Crippen LogP contribution in [0.2, 0.25) is 0 Å². The molecule has 0 saturated carbocycles. The molecule has 0 unspecified atom stereocenters. The summed E-state index contributed by atoms with van der Waals surface area (Å²) in [6.07, 6.45) is 7.29. The second-order valence-corrected chi connectivity index (χ2v) is 16.2. The van der Waals surface area contributed by atoms with E-state index in [1.807, 2.05) is 49.1 Å². The van der Waals surface area contributed by atoms with Crippen molar-refractivity contribution in [1.82, 2.24) is 19.1 Å².